The molecule has 4 nitrogen and oxygen atoms in total. The summed E-state index contributed by atoms with van der Waals surface area (Å²) in [7, 11) is 0. The first kappa shape index (κ1) is 14.4. The normalized spacial score (nSPS) is 12.2. The number of aliphatic hydroxyl groups excluding tert-OH is 2. The third-order valence-corrected chi connectivity index (χ3v) is 3.15. The maximum atomic E-state index is 9.43. The third-order valence-electron chi connectivity index (χ3n) is 3.15. The van der Waals surface area contributed by atoms with Crippen LogP contribution in [0.25, 0.3) is 11.1 Å². The molecule has 2 rings (SSSR count). The minimum atomic E-state index is -0.779. The smallest absolute Gasteiger partial charge is 0.0942 e. The Labute approximate surface area is 118 Å². The average molecular weight is 272 g/mol. The third kappa shape index (κ3) is 3.50. The van der Waals surface area contributed by atoms with Crippen LogP contribution in [0.5, 0.6) is 0 Å². The molecule has 0 aliphatic carbocycles. The van der Waals surface area contributed by atoms with Crippen LogP contribution in [-0.2, 0) is 0 Å². The Morgan fingerprint density at radius 3 is 2.50 bits per heavy atom. The van der Waals surface area contributed by atoms with E-state index in [1.54, 1.807) is 0 Å². The summed E-state index contributed by atoms with van der Waals surface area (Å²) in [6, 6.07) is 13.8. The predicted molar refractivity (Wildman–Crippen MR) is 82.6 cm³/mol. The van der Waals surface area contributed by atoms with Crippen LogP contribution in [0.15, 0.2) is 42.5 Å². The molecular weight excluding hydrogens is 252 g/mol. The molecule has 4 heteroatoms. The SMILES string of the molecule is Cc1ccc(-c2cc(N)ccc2NCC(O)CO)cc1. The first-order valence-electron chi connectivity index (χ1n) is 6.59. The van der Waals surface area contributed by atoms with Crippen LogP contribution in [0.3, 0.4) is 0 Å². The number of benzene rings is 2. The molecule has 0 saturated heterocycles. The highest BCUT2D eigenvalue weighted by atomic mass is 16.3. The van der Waals surface area contributed by atoms with Crippen molar-refractivity contribution in [2.24, 2.45) is 0 Å². The Kier molecular flexibility index (Phi) is 4.61. The molecule has 1 atom stereocenters. The topological polar surface area (TPSA) is 78.5 Å². The van der Waals surface area contributed by atoms with Gasteiger partial charge in [0.1, 0.15) is 0 Å². The number of aliphatic hydroxyl groups is 2. The van der Waals surface area contributed by atoms with Crippen molar-refractivity contribution in [1.82, 2.24) is 0 Å². The Balaban J connectivity index is 2.30. The molecule has 0 saturated carbocycles. The van der Waals surface area contributed by atoms with Gasteiger partial charge in [0.15, 0.2) is 0 Å². The van der Waals surface area contributed by atoms with E-state index in [0.717, 1.165) is 16.8 Å². The van der Waals surface area contributed by atoms with Crippen LogP contribution in [0.2, 0.25) is 0 Å². The van der Waals surface area contributed by atoms with Gasteiger partial charge in [0.05, 0.1) is 12.7 Å². The van der Waals surface area contributed by atoms with Crippen molar-refractivity contribution in [3.8, 4) is 11.1 Å². The van der Waals surface area contributed by atoms with E-state index < -0.39 is 6.10 Å². The minimum Gasteiger partial charge on any atom is -0.399 e. The zero-order valence-electron chi connectivity index (χ0n) is 11.5. The lowest BCUT2D eigenvalue weighted by atomic mass is 10.0. The summed E-state index contributed by atoms with van der Waals surface area (Å²) in [6.45, 7) is 2.07. The molecule has 0 bridgehead atoms. The zero-order valence-corrected chi connectivity index (χ0v) is 11.5. The number of nitrogen functional groups attached to an aromatic ring is 1. The molecule has 0 amide bonds. The Morgan fingerprint density at radius 1 is 1.15 bits per heavy atom. The summed E-state index contributed by atoms with van der Waals surface area (Å²) in [5, 5.41) is 21.4. The summed E-state index contributed by atoms with van der Waals surface area (Å²) in [5.41, 5.74) is 10.7. The van der Waals surface area contributed by atoms with E-state index in [9.17, 15) is 5.11 Å². The Bertz CT molecular complexity index is 567. The van der Waals surface area contributed by atoms with E-state index in [1.807, 2.05) is 49.4 Å². The van der Waals surface area contributed by atoms with E-state index in [0.29, 0.717) is 12.2 Å². The highest BCUT2D eigenvalue weighted by Gasteiger charge is 2.08. The van der Waals surface area contributed by atoms with Gasteiger partial charge in [-0.3, -0.25) is 0 Å². The lowest BCUT2D eigenvalue weighted by Gasteiger charge is -2.15. The second-order valence-electron chi connectivity index (χ2n) is 4.89. The minimum absolute atomic E-state index is 0.262. The maximum absolute atomic E-state index is 9.43. The lowest BCUT2D eigenvalue weighted by molar-refractivity contribution is 0.105. The predicted octanol–water partition coefficient (Wildman–Crippen LogP) is 2.01. The van der Waals surface area contributed by atoms with Gasteiger partial charge in [-0.2, -0.15) is 0 Å². The van der Waals surface area contributed by atoms with Crippen molar-refractivity contribution in [2.45, 2.75) is 13.0 Å². The van der Waals surface area contributed by atoms with Crippen LogP contribution < -0.4 is 11.1 Å². The van der Waals surface area contributed by atoms with Gasteiger partial charge < -0.3 is 21.3 Å². The van der Waals surface area contributed by atoms with E-state index in [-0.39, 0.29) is 6.61 Å². The van der Waals surface area contributed by atoms with E-state index >= 15 is 0 Å². The van der Waals surface area contributed by atoms with Gasteiger partial charge in [-0.05, 0) is 30.7 Å². The van der Waals surface area contributed by atoms with Crippen LogP contribution in [-0.4, -0.2) is 29.5 Å². The van der Waals surface area contributed by atoms with Crippen molar-refractivity contribution in [3.63, 3.8) is 0 Å². The van der Waals surface area contributed by atoms with Gasteiger partial charge in [-0.25, -0.2) is 0 Å². The van der Waals surface area contributed by atoms with Crippen molar-refractivity contribution in [3.05, 3.63) is 48.0 Å². The van der Waals surface area contributed by atoms with E-state index in [2.05, 4.69) is 5.32 Å². The molecule has 0 spiro atoms. The summed E-state index contributed by atoms with van der Waals surface area (Å²) in [5.74, 6) is 0. The number of anilines is 2. The molecule has 106 valence electrons. The fraction of sp³-hybridized carbons (Fsp3) is 0.250. The number of nitrogens with two attached hydrogens (primary N) is 1. The van der Waals surface area contributed by atoms with Gasteiger partial charge in [0.25, 0.3) is 0 Å². The molecular formula is C16H20N2O2. The second kappa shape index (κ2) is 6.41. The quantitative estimate of drug-likeness (QED) is 0.628. The van der Waals surface area contributed by atoms with E-state index in [4.69, 9.17) is 10.8 Å². The van der Waals surface area contributed by atoms with Crippen LogP contribution >= 0.6 is 0 Å². The van der Waals surface area contributed by atoms with Gasteiger partial charge >= 0.3 is 0 Å². The molecule has 0 heterocycles. The van der Waals surface area contributed by atoms with Gasteiger partial charge in [-0.15, -0.1) is 0 Å². The van der Waals surface area contributed by atoms with E-state index in [1.165, 1.54) is 5.56 Å². The number of rotatable bonds is 5. The van der Waals surface area contributed by atoms with Crippen molar-refractivity contribution >= 4 is 11.4 Å². The summed E-state index contributed by atoms with van der Waals surface area (Å²) < 4.78 is 0. The molecule has 1 unspecified atom stereocenters. The first-order valence-corrected chi connectivity index (χ1v) is 6.59. The summed E-state index contributed by atoms with van der Waals surface area (Å²) >= 11 is 0. The largest absolute Gasteiger partial charge is 0.399 e. The molecule has 0 aliphatic rings. The van der Waals surface area contributed by atoms with Gasteiger partial charge in [0.2, 0.25) is 0 Å². The van der Waals surface area contributed by atoms with Crippen LogP contribution in [0.1, 0.15) is 5.56 Å². The monoisotopic (exact) mass is 272 g/mol. The molecule has 20 heavy (non-hydrogen) atoms. The standard InChI is InChI=1S/C16H20N2O2/c1-11-2-4-12(5-3-11)15-8-13(17)6-7-16(15)18-9-14(20)10-19/h2-8,14,18-20H,9-10,17H2,1H3. The fourth-order valence-electron chi connectivity index (χ4n) is 1.98. The summed E-state index contributed by atoms with van der Waals surface area (Å²) in [4.78, 5) is 0. The Hall–Kier alpha value is -2.04. The molecule has 0 radical (unpaired) electrons. The number of nitrogens with one attached hydrogen (secondary N) is 1. The van der Waals surface area contributed by atoms with Gasteiger partial charge in [0, 0.05) is 23.5 Å². The highest BCUT2D eigenvalue weighted by Crippen LogP contribution is 2.30. The highest BCUT2D eigenvalue weighted by molar-refractivity contribution is 5.80. The number of hydrogen-bond acceptors (Lipinski definition) is 4. The number of hydrogen-bond donors (Lipinski definition) is 4. The van der Waals surface area contributed by atoms with Crippen molar-refractivity contribution < 1.29 is 10.2 Å². The maximum Gasteiger partial charge on any atom is 0.0942 e. The lowest BCUT2D eigenvalue weighted by Crippen LogP contribution is -2.23. The average Bonchev–Trinajstić information content (AvgIpc) is 2.46. The Morgan fingerprint density at radius 2 is 1.85 bits per heavy atom. The van der Waals surface area contributed by atoms with Crippen molar-refractivity contribution in [1.29, 1.82) is 0 Å². The molecule has 0 aliphatic heterocycles. The summed E-state index contributed by atoms with van der Waals surface area (Å²) in [6.07, 6.45) is -0.779. The van der Waals surface area contributed by atoms with Crippen LogP contribution in [0.4, 0.5) is 11.4 Å². The zero-order chi connectivity index (χ0) is 14.5. The fourth-order valence-corrected chi connectivity index (χ4v) is 1.98. The van der Waals surface area contributed by atoms with Crippen LogP contribution in [0, 0.1) is 6.92 Å². The molecule has 2 aromatic carbocycles. The van der Waals surface area contributed by atoms with Crippen molar-refractivity contribution in [2.75, 3.05) is 24.2 Å². The molecule has 0 fully saturated rings. The molecule has 2 aromatic rings. The molecule has 0 aromatic heterocycles. The van der Waals surface area contributed by atoms with Gasteiger partial charge in [-0.1, -0.05) is 29.8 Å². The second-order valence-corrected chi connectivity index (χ2v) is 4.89. The number of aryl methyl sites for hydroxylation is 1. The first-order chi connectivity index (χ1) is 9.60. The molecule has 5 N–H and O–H groups in total.